The minimum absolute atomic E-state index is 0. The zero-order chi connectivity index (χ0) is 15.5. The van der Waals surface area contributed by atoms with Crippen LogP contribution in [0.5, 0.6) is 0 Å². The first-order chi connectivity index (χ1) is 10.5. The Morgan fingerprint density at radius 3 is 2.50 bits per heavy atom. The Hall–Kier alpha value is 0.210. The van der Waals surface area contributed by atoms with Crippen LogP contribution in [0.25, 0.3) is 6.08 Å². The van der Waals surface area contributed by atoms with Crippen LogP contribution >= 0.6 is 36.6 Å². The molecule has 5 rings (SSSR count). The standard InChI is InChI=1S/C10H12SSi.C9H7.2ClH.Zr/c1-6-10-9-7(11-6)4-5-8(9)12(10,2)3;1-2-5-9-7-3-6-8(9)4-1;;;/h4-5,9H,1-3H3;1-7H;2*1H;. The third-order valence-electron chi connectivity index (χ3n) is 5.16. The van der Waals surface area contributed by atoms with Crippen molar-refractivity contribution in [2.75, 3.05) is 0 Å². The van der Waals surface area contributed by atoms with Gasteiger partial charge in [0.05, 0.1) is 0 Å². The molecule has 125 valence electrons. The Morgan fingerprint density at radius 1 is 1.08 bits per heavy atom. The molecule has 2 heterocycles. The average molecular weight is 472 g/mol. The maximum atomic E-state index is 2.48. The predicted molar refractivity (Wildman–Crippen MR) is 110 cm³/mol. The van der Waals surface area contributed by atoms with Crippen LogP contribution in [0.1, 0.15) is 21.7 Å². The summed E-state index contributed by atoms with van der Waals surface area (Å²) in [5.74, 6) is 0.789. The summed E-state index contributed by atoms with van der Waals surface area (Å²) in [6.07, 6.45) is 9.22. The topological polar surface area (TPSA) is 0 Å². The third kappa shape index (κ3) is 3.05. The molecule has 2 atom stereocenters. The number of halogens is 2. The van der Waals surface area contributed by atoms with Gasteiger partial charge in [0.1, 0.15) is 8.07 Å². The van der Waals surface area contributed by atoms with Crippen LogP contribution in [0.2, 0.25) is 13.1 Å². The van der Waals surface area contributed by atoms with Gasteiger partial charge in [-0.3, -0.25) is 0 Å². The van der Waals surface area contributed by atoms with Gasteiger partial charge in [-0.05, 0) is 16.7 Å². The van der Waals surface area contributed by atoms with Crippen LogP contribution in [0.15, 0.2) is 62.7 Å². The molecule has 4 aliphatic rings. The van der Waals surface area contributed by atoms with Gasteiger partial charge in [-0.2, -0.15) is 0 Å². The molecule has 0 nitrogen and oxygen atoms in total. The fourth-order valence-electron chi connectivity index (χ4n) is 4.04. The first kappa shape index (κ1) is 20.5. The molecule has 5 heteroatoms. The van der Waals surface area contributed by atoms with Gasteiger partial charge in [0.15, 0.2) is 0 Å². The predicted octanol–water partition coefficient (Wildman–Crippen LogP) is 6.39. The van der Waals surface area contributed by atoms with Gasteiger partial charge in [-0.15, -0.1) is 24.8 Å². The van der Waals surface area contributed by atoms with E-state index >= 15 is 0 Å². The quantitative estimate of drug-likeness (QED) is 0.395. The van der Waals surface area contributed by atoms with Crippen molar-refractivity contribution < 1.29 is 24.7 Å². The van der Waals surface area contributed by atoms with Gasteiger partial charge < -0.3 is 0 Å². The van der Waals surface area contributed by atoms with Crippen molar-refractivity contribution in [1.82, 2.24) is 0 Å². The molecule has 24 heavy (non-hydrogen) atoms. The summed E-state index contributed by atoms with van der Waals surface area (Å²) in [5.41, 5.74) is 2.91. The number of hydrogen-bond donors (Lipinski definition) is 0. The van der Waals surface area contributed by atoms with E-state index in [0.29, 0.717) is 3.63 Å². The molecule has 2 aliphatic heterocycles. The Labute approximate surface area is 177 Å². The zero-order valence-corrected chi connectivity index (χ0v) is 19.9. The van der Waals surface area contributed by atoms with Crippen molar-refractivity contribution in [2.24, 2.45) is 5.92 Å². The molecular weight excluding hydrogens is 450 g/mol. The molecule has 2 aliphatic carbocycles. The Bertz CT molecular complexity index is 792. The number of hydrogen-bond acceptors (Lipinski definition) is 1. The summed E-state index contributed by atoms with van der Waals surface area (Å²) >= 11 is 3.60. The van der Waals surface area contributed by atoms with Crippen molar-refractivity contribution in [3.05, 3.63) is 73.8 Å². The van der Waals surface area contributed by atoms with Gasteiger partial charge in [0.25, 0.3) is 0 Å². The van der Waals surface area contributed by atoms with E-state index in [-0.39, 0.29) is 24.8 Å². The zero-order valence-electron chi connectivity index (χ0n) is 14.0. The van der Waals surface area contributed by atoms with Crippen LogP contribution in [0, 0.1) is 5.92 Å². The summed E-state index contributed by atoms with van der Waals surface area (Å²) in [6.45, 7) is 7.26. The second-order valence-electron chi connectivity index (χ2n) is 6.79. The molecular formula is C19H21Cl2SSiZr. The number of allylic oxidation sites excluding steroid dienone is 7. The monoisotopic (exact) mass is 469 g/mol. The molecule has 0 saturated carbocycles. The van der Waals surface area contributed by atoms with Crippen molar-refractivity contribution in [3.8, 4) is 0 Å². The van der Waals surface area contributed by atoms with Crippen LogP contribution < -0.4 is 0 Å². The van der Waals surface area contributed by atoms with E-state index in [1.165, 1.54) is 11.1 Å². The molecule has 0 aromatic heterocycles. The van der Waals surface area contributed by atoms with E-state index in [0.717, 1.165) is 5.92 Å². The summed E-state index contributed by atoms with van der Waals surface area (Å²) < 4.78 is 0.711. The van der Waals surface area contributed by atoms with E-state index in [1.807, 2.05) is 17.0 Å². The molecule has 1 saturated heterocycles. The van der Waals surface area contributed by atoms with E-state index < -0.39 is 8.07 Å². The normalized spacial score (nSPS) is 25.9. The molecule has 0 bridgehead atoms. The average Bonchev–Trinajstić information content (AvgIpc) is 3.11. The Balaban J connectivity index is 0.000000163. The Morgan fingerprint density at radius 2 is 1.79 bits per heavy atom. The Kier molecular flexibility index (Phi) is 6.37. The van der Waals surface area contributed by atoms with Crippen LogP contribution in [-0.4, -0.2) is 8.07 Å². The molecule has 0 N–H and O–H groups in total. The first-order valence-corrected chi connectivity index (χ1v) is 13.0. The van der Waals surface area contributed by atoms with E-state index in [9.17, 15) is 0 Å². The number of fused-ring (bicyclic) bond motifs is 1. The van der Waals surface area contributed by atoms with Crippen LogP contribution in [-0.2, 0) is 24.7 Å². The fraction of sp³-hybridized carbons (Fsp3) is 0.263. The van der Waals surface area contributed by atoms with E-state index in [2.05, 4.69) is 68.6 Å². The van der Waals surface area contributed by atoms with E-state index in [4.69, 9.17) is 0 Å². The molecule has 2 unspecified atom stereocenters. The summed E-state index contributed by atoms with van der Waals surface area (Å²) in [4.78, 5) is 3.21. The first-order valence-electron chi connectivity index (χ1n) is 7.79. The van der Waals surface area contributed by atoms with Gasteiger partial charge in [0, 0.05) is 5.92 Å². The molecule has 1 aromatic carbocycles. The summed E-state index contributed by atoms with van der Waals surface area (Å²) in [5, 5.41) is 3.60. The number of rotatable bonds is 0. The maximum absolute atomic E-state index is 2.48. The minimum atomic E-state index is -1.06. The van der Waals surface area contributed by atoms with Gasteiger partial charge in [-0.25, -0.2) is 0 Å². The van der Waals surface area contributed by atoms with Gasteiger partial charge in [-0.1, -0.05) is 47.4 Å². The van der Waals surface area contributed by atoms with Crippen LogP contribution in [0.3, 0.4) is 0 Å². The fourth-order valence-corrected chi connectivity index (χ4v) is 10.6. The van der Waals surface area contributed by atoms with Crippen molar-refractivity contribution in [2.45, 2.75) is 23.6 Å². The van der Waals surface area contributed by atoms with Crippen molar-refractivity contribution in [1.29, 1.82) is 0 Å². The van der Waals surface area contributed by atoms with Gasteiger partial charge in [0.2, 0.25) is 0 Å². The summed E-state index contributed by atoms with van der Waals surface area (Å²) in [6, 6.07) is 8.60. The second-order valence-corrected chi connectivity index (χ2v) is 14.0. The molecule has 0 amide bonds. The van der Waals surface area contributed by atoms with Crippen molar-refractivity contribution >= 4 is 50.7 Å². The van der Waals surface area contributed by atoms with Gasteiger partial charge >= 0.3 is 75.9 Å². The SMILES string of the molecule is CC1=C2C3C(=CC=C3[Si]2(C)C)S1.Cl.Cl.[Zr][CH]1C=Cc2ccccc21. The third-order valence-corrected chi connectivity index (χ3v) is 11.6. The summed E-state index contributed by atoms with van der Waals surface area (Å²) in [7, 11) is -1.06. The molecule has 1 fully saturated rings. The molecule has 1 aromatic rings. The molecule has 0 radical (unpaired) electrons. The van der Waals surface area contributed by atoms with E-state index in [1.54, 1.807) is 39.7 Å². The molecule has 0 spiro atoms. The van der Waals surface area contributed by atoms with Crippen LogP contribution in [0.4, 0.5) is 0 Å². The van der Waals surface area contributed by atoms with Crippen molar-refractivity contribution in [3.63, 3.8) is 0 Å². The second kappa shape index (κ2) is 7.45. The number of thioether (sulfide) groups is 1. The number of benzene rings is 1.